The summed E-state index contributed by atoms with van der Waals surface area (Å²) in [5, 5.41) is 6.55. The van der Waals surface area contributed by atoms with Gasteiger partial charge in [-0.1, -0.05) is 26.8 Å². The standard InChI is InChI=1S/C28H28N3/c1-16-11-20-21-15-29-9-7-22(21)31-23-13-18(14-28(3,4)5)12-19-8-10-30(6)27(25(19)23)24(17(16)2)26(20)31/h7-13,15H,14H2,1-6H3/q+1. The quantitative estimate of drug-likeness (QED) is 0.175. The van der Waals surface area contributed by atoms with E-state index >= 15 is 0 Å². The maximum atomic E-state index is 4.48. The first kappa shape index (κ1) is 18.6. The molecule has 4 aromatic heterocycles. The van der Waals surface area contributed by atoms with Crippen molar-refractivity contribution in [1.29, 1.82) is 0 Å². The summed E-state index contributed by atoms with van der Waals surface area (Å²) in [6.07, 6.45) is 7.21. The summed E-state index contributed by atoms with van der Waals surface area (Å²) in [5.41, 5.74) is 9.49. The zero-order valence-corrected chi connectivity index (χ0v) is 19.2. The summed E-state index contributed by atoms with van der Waals surface area (Å²) in [6, 6.07) is 11.6. The number of nitrogens with zero attached hydrogens (tertiary/aromatic N) is 3. The molecular formula is C28H28N3+. The third-order valence-corrected chi connectivity index (χ3v) is 6.86. The molecule has 0 radical (unpaired) electrons. The third kappa shape index (κ3) is 2.46. The molecule has 0 atom stereocenters. The Morgan fingerprint density at radius 3 is 2.55 bits per heavy atom. The van der Waals surface area contributed by atoms with E-state index in [0.29, 0.717) is 0 Å². The van der Waals surface area contributed by atoms with Gasteiger partial charge in [-0.3, -0.25) is 4.98 Å². The zero-order chi connectivity index (χ0) is 21.7. The molecule has 3 nitrogen and oxygen atoms in total. The van der Waals surface area contributed by atoms with Crippen molar-refractivity contribution >= 4 is 49.0 Å². The fourth-order valence-corrected chi connectivity index (χ4v) is 5.52. The Morgan fingerprint density at radius 1 is 0.968 bits per heavy atom. The van der Waals surface area contributed by atoms with Crippen molar-refractivity contribution in [2.45, 2.75) is 41.0 Å². The van der Waals surface area contributed by atoms with Crippen LogP contribution in [0.5, 0.6) is 0 Å². The molecule has 3 heteroatoms. The lowest BCUT2D eigenvalue weighted by molar-refractivity contribution is -0.643. The minimum absolute atomic E-state index is 0.237. The third-order valence-electron chi connectivity index (χ3n) is 6.86. The van der Waals surface area contributed by atoms with Crippen molar-refractivity contribution in [3.63, 3.8) is 0 Å². The first-order chi connectivity index (χ1) is 14.7. The molecule has 0 unspecified atom stereocenters. The molecule has 6 rings (SSSR count). The Kier molecular flexibility index (Phi) is 3.56. The lowest BCUT2D eigenvalue weighted by Gasteiger charge is -2.20. The normalized spacial score (nSPS) is 13.0. The summed E-state index contributed by atoms with van der Waals surface area (Å²) >= 11 is 0. The lowest BCUT2D eigenvalue weighted by Crippen LogP contribution is -2.29. The van der Waals surface area contributed by atoms with Crippen LogP contribution in [0.3, 0.4) is 0 Å². The van der Waals surface area contributed by atoms with Crippen molar-refractivity contribution in [2.24, 2.45) is 12.5 Å². The number of pyridine rings is 3. The average Bonchev–Trinajstić information content (AvgIpc) is 3.03. The molecule has 0 saturated heterocycles. The first-order valence-corrected chi connectivity index (χ1v) is 11.1. The molecule has 0 fully saturated rings. The minimum Gasteiger partial charge on any atom is -0.307 e. The van der Waals surface area contributed by atoms with Gasteiger partial charge >= 0.3 is 0 Å². The molecule has 0 spiro atoms. The van der Waals surface area contributed by atoms with E-state index in [4.69, 9.17) is 0 Å². The van der Waals surface area contributed by atoms with Gasteiger partial charge < -0.3 is 4.40 Å². The van der Waals surface area contributed by atoms with Gasteiger partial charge in [-0.05, 0) is 66.0 Å². The molecular weight excluding hydrogens is 378 g/mol. The second-order valence-corrected chi connectivity index (χ2v) is 10.4. The van der Waals surface area contributed by atoms with Gasteiger partial charge in [0.05, 0.1) is 27.3 Å². The predicted octanol–water partition coefficient (Wildman–Crippen LogP) is 6.41. The van der Waals surface area contributed by atoms with Crippen LogP contribution in [0.1, 0.15) is 37.5 Å². The van der Waals surface area contributed by atoms with Crippen LogP contribution < -0.4 is 4.57 Å². The molecule has 4 heterocycles. The number of benzene rings is 2. The molecule has 2 aromatic carbocycles. The molecule has 31 heavy (non-hydrogen) atoms. The number of rotatable bonds is 1. The van der Waals surface area contributed by atoms with Crippen LogP contribution in [0.15, 0.2) is 48.9 Å². The summed E-state index contributed by atoms with van der Waals surface area (Å²) in [5.74, 6) is 0. The van der Waals surface area contributed by atoms with Crippen LogP contribution in [0.25, 0.3) is 49.0 Å². The highest BCUT2D eigenvalue weighted by Gasteiger charge is 2.25. The van der Waals surface area contributed by atoms with Crippen LogP contribution in [0.2, 0.25) is 0 Å². The Balaban J connectivity index is 1.99. The molecule has 0 saturated carbocycles. The SMILES string of the molecule is Cc1cc2c3cnccc3n3c4cc(CC(C)(C)C)cc5cc[n+](C)c(c(c1C)c23)c54. The Labute approximate surface area is 182 Å². The summed E-state index contributed by atoms with van der Waals surface area (Å²) < 4.78 is 4.80. The monoisotopic (exact) mass is 406 g/mol. The fourth-order valence-electron chi connectivity index (χ4n) is 5.52. The van der Waals surface area contributed by atoms with Gasteiger partial charge in [0.25, 0.3) is 0 Å². The molecule has 0 N–H and O–H groups in total. The van der Waals surface area contributed by atoms with Crippen molar-refractivity contribution in [2.75, 3.05) is 0 Å². The van der Waals surface area contributed by atoms with E-state index in [9.17, 15) is 0 Å². The van der Waals surface area contributed by atoms with E-state index in [0.717, 1.165) is 6.42 Å². The van der Waals surface area contributed by atoms with Crippen molar-refractivity contribution in [3.8, 4) is 0 Å². The van der Waals surface area contributed by atoms with Gasteiger partial charge in [-0.25, -0.2) is 4.57 Å². The number of aromatic nitrogens is 3. The second kappa shape index (κ2) is 5.94. The number of hydrogen-bond donors (Lipinski definition) is 0. The molecule has 6 aromatic rings. The van der Waals surface area contributed by atoms with Crippen LogP contribution >= 0.6 is 0 Å². The van der Waals surface area contributed by atoms with E-state index in [1.165, 1.54) is 65.7 Å². The van der Waals surface area contributed by atoms with Crippen molar-refractivity contribution in [1.82, 2.24) is 9.38 Å². The fraction of sp³-hybridized carbons (Fsp3) is 0.286. The smallest absolute Gasteiger partial charge is 0.224 e. The highest BCUT2D eigenvalue weighted by Crippen LogP contribution is 2.42. The Bertz CT molecular complexity index is 1660. The topological polar surface area (TPSA) is 21.2 Å². The van der Waals surface area contributed by atoms with Crippen LogP contribution in [0, 0.1) is 19.3 Å². The lowest BCUT2D eigenvalue weighted by atomic mass is 9.87. The van der Waals surface area contributed by atoms with Gasteiger partial charge in [0.15, 0.2) is 6.20 Å². The average molecular weight is 407 g/mol. The highest BCUT2D eigenvalue weighted by molar-refractivity contribution is 6.26. The van der Waals surface area contributed by atoms with Crippen LogP contribution in [-0.2, 0) is 13.5 Å². The molecule has 0 aliphatic carbocycles. The molecule has 0 amide bonds. The number of hydrogen-bond acceptors (Lipinski definition) is 1. The summed E-state index contributed by atoms with van der Waals surface area (Å²) in [4.78, 5) is 4.48. The van der Waals surface area contributed by atoms with Gasteiger partial charge in [0, 0.05) is 29.2 Å². The second-order valence-electron chi connectivity index (χ2n) is 10.4. The van der Waals surface area contributed by atoms with E-state index in [2.05, 4.69) is 92.1 Å². The Morgan fingerprint density at radius 2 is 1.77 bits per heavy atom. The van der Waals surface area contributed by atoms with Gasteiger partial charge in [0.2, 0.25) is 5.52 Å². The van der Waals surface area contributed by atoms with Crippen LogP contribution in [-0.4, -0.2) is 9.38 Å². The maximum absolute atomic E-state index is 4.48. The molecule has 154 valence electrons. The van der Waals surface area contributed by atoms with E-state index in [1.807, 2.05) is 12.4 Å². The van der Waals surface area contributed by atoms with Gasteiger partial charge in [-0.15, -0.1) is 0 Å². The predicted molar refractivity (Wildman–Crippen MR) is 130 cm³/mol. The molecule has 0 aliphatic rings. The number of fused-ring (bicyclic) bond motifs is 5. The Hall–Kier alpha value is -3.20. The molecule has 0 bridgehead atoms. The number of aryl methyl sites for hydroxylation is 3. The zero-order valence-electron chi connectivity index (χ0n) is 19.2. The van der Waals surface area contributed by atoms with Crippen molar-refractivity contribution < 1.29 is 4.57 Å². The highest BCUT2D eigenvalue weighted by atomic mass is 15.0. The summed E-state index contributed by atoms with van der Waals surface area (Å²) in [6.45, 7) is 11.4. The van der Waals surface area contributed by atoms with E-state index in [1.54, 1.807) is 0 Å². The first-order valence-electron chi connectivity index (χ1n) is 11.1. The minimum atomic E-state index is 0.237. The van der Waals surface area contributed by atoms with E-state index in [-0.39, 0.29) is 5.41 Å². The summed E-state index contributed by atoms with van der Waals surface area (Å²) in [7, 11) is 2.18. The van der Waals surface area contributed by atoms with Gasteiger partial charge in [0.1, 0.15) is 7.05 Å². The van der Waals surface area contributed by atoms with Crippen LogP contribution in [0.4, 0.5) is 0 Å². The molecule has 0 aliphatic heterocycles. The maximum Gasteiger partial charge on any atom is 0.224 e. The largest absolute Gasteiger partial charge is 0.307 e. The van der Waals surface area contributed by atoms with Crippen molar-refractivity contribution in [3.05, 3.63) is 65.6 Å². The van der Waals surface area contributed by atoms with E-state index < -0.39 is 0 Å². The van der Waals surface area contributed by atoms with Gasteiger partial charge in [-0.2, -0.15) is 0 Å².